The predicted molar refractivity (Wildman–Crippen MR) is 142 cm³/mol. The summed E-state index contributed by atoms with van der Waals surface area (Å²) in [6.45, 7) is 2.15. The number of benzene rings is 2. The molecule has 182 valence electrons. The van der Waals surface area contributed by atoms with Gasteiger partial charge in [-0.15, -0.1) is 0 Å². The zero-order chi connectivity index (χ0) is 25.9. The van der Waals surface area contributed by atoms with Gasteiger partial charge in [-0.2, -0.15) is 5.26 Å². The standard InChI is InChI=1S/C27H24ClN4O3P/c1-18-12-19(6-4-10-29)14-22(13-18)36(34,35-3)26-23-15-21(28)8-9-24(23)31-25(26)27(33)30-16-20-7-5-11-32(2)17-20/h4-9,11-15,17H,16H2,1-3H3,(H-,30,31,33,34)/p+1/b6-4+. The van der Waals surface area contributed by atoms with Gasteiger partial charge in [0.25, 0.3) is 13.3 Å². The highest BCUT2D eigenvalue weighted by molar-refractivity contribution is 7.75. The van der Waals surface area contributed by atoms with Gasteiger partial charge in [-0.1, -0.05) is 17.7 Å². The van der Waals surface area contributed by atoms with Gasteiger partial charge in [0.2, 0.25) is 0 Å². The molecule has 2 aromatic heterocycles. The van der Waals surface area contributed by atoms with Gasteiger partial charge in [0.1, 0.15) is 12.7 Å². The molecule has 36 heavy (non-hydrogen) atoms. The SMILES string of the molecule is COP(=O)(c1cc(C)cc(/C=C/C#N)c1)c1c(C(=O)NCc2ccc[n+](C)c2)[nH]c2ccc(Cl)cc12. The first-order chi connectivity index (χ1) is 17.2. The van der Waals surface area contributed by atoms with Gasteiger partial charge >= 0.3 is 0 Å². The molecule has 9 heteroatoms. The van der Waals surface area contributed by atoms with Crippen LogP contribution in [0.25, 0.3) is 17.0 Å². The molecule has 0 spiro atoms. The third-order valence-corrected chi connectivity index (χ3v) is 8.48. The number of aromatic amines is 1. The molecule has 4 aromatic rings. The Morgan fingerprint density at radius 1 is 1.28 bits per heavy atom. The third-order valence-electron chi connectivity index (χ3n) is 5.74. The van der Waals surface area contributed by atoms with Crippen molar-refractivity contribution in [2.75, 3.05) is 7.11 Å². The van der Waals surface area contributed by atoms with E-state index >= 15 is 0 Å². The fourth-order valence-corrected chi connectivity index (χ4v) is 6.63. The van der Waals surface area contributed by atoms with Crippen LogP contribution in [0.1, 0.15) is 27.2 Å². The molecule has 0 aliphatic heterocycles. The number of nitrogens with one attached hydrogen (secondary N) is 2. The van der Waals surface area contributed by atoms with Gasteiger partial charge in [-0.3, -0.25) is 9.36 Å². The maximum absolute atomic E-state index is 14.6. The van der Waals surface area contributed by atoms with E-state index in [1.54, 1.807) is 36.4 Å². The molecule has 1 unspecified atom stereocenters. The van der Waals surface area contributed by atoms with Crippen molar-refractivity contribution in [1.29, 1.82) is 5.26 Å². The van der Waals surface area contributed by atoms with Crippen LogP contribution in [0.4, 0.5) is 0 Å². The van der Waals surface area contributed by atoms with E-state index in [2.05, 4.69) is 10.3 Å². The van der Waals surface area contributed by atoms with Crippen LogP contribution in [-0.4, -0.2) is 18.0 Å². The minimum atomic E-state index is -3.78. The van der Waals surface area contributed by atoms with Crippen LogP contribution in [0.5, 0.6) is 0 Å². The van der Waals surface area contributed by atoms with Crippen molar-refractivity contribution in [3.63, 3.8) is 0 Å². The molecule has 4 rings (SSSR count). The molecule has 7 nitrogen and oxygen atoms in total. The van der Waals surface area contributed by atoms with Crippen molar-refractivity contribution in [2.45, 2.75) is 13.5 Å². The summed E-state index contributed by atoms with van der Waals surface area (Å²) in [7, 11) is -0.507. The molecule has 1 atom stereocenters. The summed E-state index contributed by atoms with van der Waals surface area (Å²) in [6.07, 6.45) is 6.80. The molecule has 0 fully saturated rings. The number of allylic oxidation sites excluding steroid dienone is 1. The lowest BCUT2D eigenvalue weighted by Crippen LogP contribution is -2.32. The summed E-state index contributed by atoms with van der Waals surface area (Å²) in [5, 5.41) is 13.5. The fraction of sp³-hybridized carbons (Fsp3) is 0.148. The summed E-state index contributed by atoms with van der Waals surface area (Å²) in [5.41, 5.74) is 3.21. The van der Waals surface area contributed by atoms with Crippen molar-refractivity contribution in [3.05, 3.63) is 94.4 Å². The Bertz CT molecular complexity index is 1590. The van der Waals surface area contributed by atoms with Crippen LogP contribution in [0.2, 0.25) is 5.02 Å². The highest BCUT2D eigenvalue weighted by Gasteiger charge is 2.36. The van der Waals surface area contributed by atoms with Gasteiger partial charge in [-0.05, 0) is 60.5 Å². The molecule has 2 aromatic carbocycles. The lowest BCUT2D eigenvalue weighted by atomic mass is 10.1. The second kappa shape index (κ2) is 10.5. The number of hydrogen-bond donors (Lipinski definition) is 2. The van der Waals surface area contributed by atoms with E-state index in [0.717, 1.165) is 11.1 Å². The molecule has 2 N–H and O–H groups in total. The van der Waals surface area contributed by atoms with Gasteiger partial charge < -0.3 is 14.8 Å². The van der Waals surface area contributed by atoms with Gasteiger partial charge in [0, 0.05) is 52.6 Å². The van der Waals surface area contributed by atoms with Crippen LogP contribution in [0.3, 0.4) is 0 Å². The molecule has 0 aliphatic rings. The van der Waals surface area contributed by atoms with Gasteiger partial charge in [0.05, 0.1) is 11.4 Å². The Labute approximate surface area is 214 Å². The zero-order valence-electron chi connectivity index (χ0n) is 20.1. The Kier molecular flexibility index (Phi) is 7.42. The number of fused-ring (bicyclic) bond motifs is 1. The number of halogens is 1. The number of nitriles is 1. The number of H-pyrrole nitrogens is 1. The van der Waals surface area contributed by atoms with Crippen molar-refractivity contribution in [3.8, 4) is 6.07 Å². The molecule has 0 saturated carbocycles. The van der Waals surface area contributed by atoms with Crippen molar-refractivity contribution >= 4 is 52.5 Å². The highest BCUT2D eigenvalue weighted by atomic mass is 35.5. The lowest BCUT2D eigenvalue weighted by Gasteiger charge is -2.19. The number of hydrogen-bond acceptors (Lipinski definition) is 4. The fourth-order valence-electron chi connectivity index (χ4n) is 4.16. The smallest absolute Gasteiger partial charge is 0.268 e. The number of aromatic nitrogens is 2. The molecule has 0 bridgehead atoms. The zero-order valence-corrected chi connectivity index (χ0v) is 21.7. The quantitative estimate of drug-likeness (QED) is 0.216. The van der Waals surface area contributed by atoms with E-state index in [9.17, 15) is 9.36 Å². The van der Waals surface area contributed by atoms with Crippen LogP contribution < -0.4 is 20.5 Å². The van der Waals surface area contributed by atoms with Gasteiger partial charge in [-0.25, -0.2) is 4.57 Å². The van der Waals surface area contributed by atoms with Crippen molar-refractivity contribution < 1.29 is 18.5 Å². The Morgan fingerprint density at radius 3 is 2.81 bits per heavy atom. The Balaban J connectivity index is 1.86. The first kappa shape index (κ1) is 25.4. The summed E-state index contributed by atoms with van der Waals surface area (Å²) in [6, 6.07) is 16.2. The average molecular weight is 520 g/mol. The number of carbonyl (C=O) groups is 1. The highest BCUT2D eigenvalue weighted by Crippen LogP contribution is 2.47. The monoisotopic (exact) mass is 519 g/mol. The van der Waals surface area contributed by atoms with E-state index in [4.69, 9.17) is 21.4 Å². The van der Waals surface area contributed by atoms with Crippen molar-refractivity contribution in [2.24, 2.45) is 7.05 Å². The van der Waals surface area contributed by atoms with E-state index in [1.807, 2.05) is 55.2 Å². The minimum Gasteiger partial charge on any atom is -0.350 e. The number of aryl methyl sites for hydroxylation is 2. The first-order valence-electron chi connectivity index (χ1n) is 11.1. The van der Waals surface area contributed by atoms with Crippen molar-refractivity contribution in [1.82, 2.24) is 10.3 Å². The lowest BCUT2D eigenvalue weighted by molar-refractivity contribution is -0.671. The molecule has 2 heterocycles. The summed E-state index contributed by atoms with van der Waals surface area (Å²) >= 11 is 6.30. The Morgan fingerprint density at radius 2 is 2.08 bits per heavy atom. The van der Waals surface area contributed by atoms with Crippen LogP contribution in [0, 0.1) is 18.3 Å². The third kappa shape index (κ3) is 5.12. The first-order valence-corrected chi connectivity index (χ1v) is 13.1. The molecule has 1 amide bonds. The van der Waals surface area contributed by atoms with E-state index < -0.39 is 13.3 Å². The minimum absolute atomic E-state index is 0.147. The average Bonchev–Trinajstić information content (AvgIpc) is 3.24. The molecular formula is C27H25ClN4O3P+. The maximum atomic E-state index is 14.6. The topological polar surface area (TPSA) is 98.9 Å². The largest absolute Gasteiger partial charge is 0.350 e. The summed E-state index contributed by atoms with van der Waals surface area (Å²) in [5.74, 6) is -0.418. The second-order valence-corrected chi connectivity index (χ2v) is 11.3. The normalized spacial score (nSPS) is 13.0. The van der Waals surface area contributed by atoms with Crippen LogP contribution in [-0.2, 0) is 22.7 Å². The Hall–Kier alpha value is -3.69. The number of carbonyl (C=O) groups excluding carboxylic acids is 1. The number of nitrogens with zero attached hydrogens (tertiary/aromatic N) is 2. The summed E-state index contributed by atoms with van der Waals surface area (Å²) < 4.78 is 22.3. The predicted octanol–water partition coefficient (Wildman–Crippen LogP) is 4.30. The molecular weight excluding hydrogens is 495 g/mol. The number of rotatable bonds is 7. The van der Waals surface area contributed by atoms with Gasteiger partial charge in [0.15, 0.2) is 12.4 Å². The number of pyridine rings is 1. The molecule has 0 saturated heterocycles. The molecule has 0 aliphatic carbocycles. The van der Waals surface area contributed by atoms with E-state index in [1.165, 1.54) is 13.2 Å². The van der Waals surface area contributed by atoms with E-state index in [0.29, 0.717) is 26.8 Å². The van der Waals surface area contributed by atoms with Crippen LogP contribution >= 0.6 is 19.0 Å². The molecule has 0 radical (unpaired) electrons. The maximum Gasteiger partial charge on any atom is 0.268 e. The second-order valence-electron chi connectivity index (χ2n) is 8.40. The van der Waals surface area contributed by atoms with Crippen LogP contribution in [0.15, 0.2) is 67.0 Å². The van der Waals surface area contributed by atoms with E-state index in [-0.39, 0.29) is 17.5 Å². The summed E-state index contributed by atoms with van der Waals surface area (Å²) in [4.78, 5) is 16.6. The number of amides is 1.